The summed E-state index contributed by atoms with van der Waals surface area (Å²) in [5.74, 6) is -0.0171. The quantitative estimate of drug-likeness (QED) is 0.460. The van der Waals surface area contributed by atoms with Gasteiger partial charge in [-0.25, -0.2) is 0 Å². The highest BCUT2D eigenvalue weighted by Gasteiger charge is 2.20. The molecule has 0 bridgehead atoms. The Morgan fingerprint density at radius 1 is 1.21 bits per heavy atom. The summed E-state index contributed by atoms with van der Waals surface area (Å²) >= 11 is 1.93. The fraction of sp³-hybridized carbons (Fsp3) is 0.231. The van der Waals surface area contributed by atoms with E-state index < -0.39 is 11.9 Å². The van der Waals surface area contributed by atoms with Gasteiger partial charge in [-0.2, -0.15) is 0 Å². The molecule has 1 rings (SSSR count). The maximum atomic E-state index is 11.2. The van der Waals surface area contributed by atoms with E-state index in [1.165, 1.54) is 27.0 Å². The van der Waals surface area contributed by atoms with E-state index in [9.17, 15) is 9.59 Å². The lowest BCUT2D eigenvalue weighted by Gasteiger charge is -2.15. The van der Waals surface area contributed by atoms with Gasteiger partial charge in [0.15, 0.2) is 11.5 Å². The second kappa shape index (κ2) is 6.55. The lowest BCUT2D eigenvalue weighted by atomic mass is 10.1. The molecule has 6 heteroatoms. The van der Waals surface area contributed by atoms with Gasteiger partial charge in [0, 0.05) is 19.9 Å². The number of hydrogen-bond donors (Lipinski definition) is 0. The Hall–Kier alpha value is -1.57. The first-order valence-electron chi connectivity index (χ1n) is 5.30. The molecule has 0 aliphatic carbocycles. The molecule has 0 heterocycles. The molecular formula is C13H13IO5. The maximum absolute atomic E-state index is 11.2. The number of benzene rings is 1. The van der Waals surface area contributed by atoms with Gasteiger partial charge in [0.05, 0.1) is 16.2 Å². The van der Waals surface area contributed by atoms with Gasteiger partial charge < -0.3 is 14.2 Å². The molecule has 19 heavy (non-hydrogen) atoms. The Bertz CT molecular complexity index is 536. The zero-order valence-corrected chi connectivity index (χ0v) is 12.9. The summed E-state index contributed by atoms with van der Waals surface area (Å²) in [6.07, 6.45) is 1.51. The Morgan fingerprint density at radius 2 is 1.79 bits per heavy atom. The predicted octanol–water partition coefficient (Wildman–Crippen LogP) is 2.79. The molecular weight excluding hydrogens is 363 g/mol. The number of esters is 2. The number of carbonyl (C=O) groups excluding carboxylic acids is 2. The summed E-state index contributed by atoms with van der Waals surface area (Å²) < 4.78 is 15.9. The monoisotopic (exact) mass is 376 g/mol. The summed E-state index contributed by atoms with van der Waals surface area (Å²) in [7, 11) is 1.46. The summed E-state index contributed by atoms with van der Waals surface area (Å²) in [5, 5.41) is 0. The van der Waals surface area contributed by atoms with Crippen LogP contribution in [0.25, 0.3) is 6.08 Å². The summed E-state index contributed by atoms with van der Waals surface area (Å²) in [5.41, 5.74) is 0.526. The van der Waals surface area contributed by atoms with Crippen LogP contribution in [0, 0.1) is 3.57 Å². The van der Waals surface area contributed by atoms with Crippen LogP contribution in [0.4, 0.5) is 0 Å². The van der Waals surface area contributed by atoms with E-state index in [-0.39, 0.29) is 11.5 Å². The van der Waals surface area contributed by atoms with Gasteiger partial charge >= 0.3 is 11.9 Å². The molecule has 1 aromatic carbocycles. The third-order valence-electron chi connectivity index (χ3n) is 2.11. The highest BCUT2D eigenvalue weighted by molar-refractivity contribution is 14.1. The van der Waals surface area contributed by atoms with Crippen LogP contribution in [-0.2, 0) is 9.59 Å². The van der Waals surface area contributed by atoms with Gasteiger partial charge in [0.25, 0.3) is 0 Å². The minimum Gasteiger partial charge on any atom is -0.496 e. The molecule has 0 aliphatic heterocycles. The van der Waals surface area contributed by atoms with E-state index in [1.807, 2.05) is 22.6 Å². The minimum absolute atomic E-state index is 0.263. The smallest absolute Gasteiger partial charge is 0.308 e. The molecule has 0 atom stereocenters. The number of ether oxygens (including phenoxy) is 3. The van der Waals surface area contributed by atoms with Crippen LogP contribution >= 0.6 is 22.6 Å². The topological polar surface area (TPSA) is 61.8 Å². The molecule has 102 valence electrons. The summed E-state index contributed by atoms with van der Waals surface area (Å²) in [4.78, 5) is 22.2. The molecule has 0 saturated carbocycles. The number of halogens is 1. The second-order valence-electron chi connectivity index (χ2n) is 3.53. The average Bonchev–Trinajstić information content (AvgIpc) is 2.32. The van der Waals surface area contributed by atoms with Crippen LogP contribution in [0.15, 0.2) is 12.6 Å². The largest absolute Gasteiger partial charge is 0.496 e. The zero-order chi connectivity index (χ0) is 14.6. The van der Waals surface area contributed by atoms with E-state index in [0.717, 1.165) is 0 Å². The molecule has 5 nitrogen and oxygen atoms in total. The summed E-state index contributed by atoms with van der Waals surface area (Å²) in [6, 6.07) is 1.55. The van der Waals surface area contributed by atoms with Crippen molar-refractivity contribution in [2.75, 3.05) is 7.11 Å². The van der Waals surface area contributed by atoms with E-state index in [2.05, 4.69) is 6.58 Å². The van der Waals surface area contributed by atoms with Crippen LogP contribution in [0.3, 0.4) is 0 Å². The highest BCUT2D eigenvalue weighted by Crippen LogP contribution is 2.41. The van der Waals surface area contributed by atoms with Crippen LogP contribution in [0.2, 0.25) is 0 Å². The van der Waals surface area contributed by atoms with E-state index in [0.29, 0.717) is 14.9 Å². The number of methoxy groups -OCH3 is 1. The molecule has 0 aliphatic rings. The Morgan fingerprint density at radius 3 is 2.21 bits per heavy atom. The Balaban J connectivity index is 3.49. The van der Waals surface area contributed by atoms with Crippen LogP contribution in [-0.4, -0.2) is 19.0 Å². The van der Waals surface area contributed by atoms with E-state index in [1.54, 1.807) is 6.07 Å². The second-order valence-corrected chi connectivity index (χ2v) is 4.60. The lowest BCUT2D eigenvalue weighted by Crippen LogP contribution is -2.09. The first-order chi connectivity index (χ1) is 8.90. The van der Waals surface area contributed by atoms with Crippen molar-refractivity contribution in [1.82, 2.24) is 0 Å². The van der Waals surface area contributed by atoms with Gasteiger partial charge in [-0.1, -0.05) is 12.7 Å². The van der Waals surface area contributed by atoms with Crippen LogP contribution < -0.4 is 14.2 Å². The van der Waals surface area contributed by atoms with Gasteiger partial charge in [0.2, 0.25) is 0 Å². The van der Waals surface area contributed by atoms with Crippen molar-refractivity contribution in [3.05, 3.63) is 21.8 Å². The van der Waals surface area contributed by atoms with Crippen molar-refractivity contribution >= 4 is 40.6 Å². The van der Waals surface area contributed by atoms with E-state index >= 15 is 0 Å². The molecule has 0 unspecified atom stereocenters. The molecule has 0 spiro atoms. The number of carbonyl (C=O) groups is 2. The van der Waals surface area contributed by atoms with Crippen molar-refractivity contribution in [3.8, 4) is 17.2 Å². The molecule has 0 saturated heterocycles. The predicted molar refractivity (Wildman–Crippen MR) is 78.4 cm³/mol. The fourth-order valence-corrected chi connectivity index (χ4v) is 2.10. The van der Waals surface area contributed by atoms with Crippen molar-refractivity contribution in [3.63, 3.8) is 0 Å². The first kappa shape index (κ1) is 15.5. The SMILES string of the molecule is C=Cc1c(OC)cc(OC(C)=O)c(I)c1OC(C)=O. The van der Waals surface area contributed by atoms with Crippen LogP contribution in [0.1, 0.15) is 19.4 Å². The number of hydrogen-bond acceptors (Lipinski definition) is 5. The van der Waals surface area contributed by atoms with Crippen LogP contribution in [0.5, 0.6) is 17.2 Å². The van der Waals surface area contributed by atoms with Crippen molar-refractivity contribution in [2.24, 2.45) is 0 Å². The van der Waals surface area contributed by atoms with Crippen molar-refractivity contribution in [1.29, 1.82) is 0 Å². The normalized spacial score (nSPS) is 9.68. The van der Waals surface area contributed by atoms with Gasteiger partial charge in [-0.05, 0) is 22.6 Å². The van der Waals surface area contributed by atoms with Gasteiger partial charge in [0.1, 0.15) is 5.75 Å². The van der Waals surface area contributed by atoms with Gasteiger partial charge in [-0.15, -0.1) is 0 Å². The molecule has 0 fully saturated rings. The molecule has 0 aromatic heterocycles. The third-order valence-corrected chi connectivity index (χ3v) is 3.13. The summed E-state index contributed by atoms with van der Waals surface area (Å²) in [6.45, 7) is 6.23. The van der Waals surface area contributed by atoms with Gasteiger partial charge in [-0.3, -0.25) is 9.59 Å². The average molecular weight is 376 g/mol. The maximum Gasteiger partial charge on any atom is 0.308 e. The third kappa shape index (κ3) is 3.69. The molecule has 0 radical (unpaired) electrons. The zero-order valence-electron chi connectivity index (χ0n) is 10.8. The van der Waals surface area contributed by atoms with Crippen molar-refractivity contribution in [2.45, 2.75) is 13.8 Å². The molecule has 0 N–H and O–H groups in total. The van der Waals surface area contributed by atoms with E-state index in [4.69, 9.17) is 14.2 Å². The first-order valence-corrected chi connectivity index (χ1v) is 6.38. The number of rotatable bonds is 4. The lowest BCUT2D eigenvalue weighted by molar-refractivity contribution is -0.132. The fourth-order valence-electron chi connectivity index (χ4n) is 1.44. The highest BCUT2D eigenvalue weighted by atomic mass is 127. The molecule has 0 amide bonds. The Labute approximate surface area is 124 Å². The standard InChI is InChI=1S/C13H13IO5/c1-5-9-10(17-4)6-11(18-7(2)15)12(14)13(9)19-8(3)16/h5-6H,1H2,2-4H3. The molecule has 1 aromatic rings. The van der Waals surface area contributed by atoms with Crippen molar-refractivity contribution < 1.29 is 23.8 Å². The Kier molecular flexibility index (Phi) is 5.34. The minimum atomic E-state index is -0.483.